The quantitative estimate of drug-likeness (QED) is 0.731. The Hall–Kier alpha value is -0.0800. The first-order valence-electron chi connectivity index (χ1n) is 6.95. The highest BCUT2D eigenvalue weighted by Crippen LogP contribution is 2.19. The molecule has 1 atom stereocenters. The van der Waals surface area contributed by atoms with Crippen molar-refractivity contribution >= 4 is 0 Å². The maximum atomic E-state index is 10.2. The molecule has 1 rings (SSSR count). The fourth-order valence-electron chi connectivity index (χ4n) is 2.36. The van der Waals surface area contributed by atoms with Crippen LogP contribution >= 0.6 is 0 Å². The predicted molar refractivity (Wildman–Crippen MR) is 69.6 cm³/mol. The van der Waals surface area contributed by atoms with Crippen molar-refractivity contribution in [2.45, 2.75) is 77.4 Å². The second kappa shape index (κ2) is 6.61. The first kappa shape index (κ1) is 14.0. The van der Waals surface area contributed by atoms with Gasteiger partial charge >= 0.3 is 0 Å². The molecule has 2 N–H and O–H groups in total. The van der Waals surface area contributed by atoms with Gasteiger partial charge in [0.05, 0.1) is 5.60 Å². The van der Waals surface area contributed by atoms with Crippen LogP contribution in [-0.4, -0.2) is 23.3 Å². The van der Waals surface area contributed by atoms with Crippen molar-refractivity contribution in [1.29, 1.82) is 0 Å². The van der Waals surface area contributed by atoms with Crippen LogP contribution in [0.5, 0.6) is 0 Å². The summed E-state index contributed by atoms with van der Waals surface area (Å²) in [7, 11) is 0. The molecule has 1 aliphatic carbocycles. The largest absolute Gasteiger partial charge is 0.389 e. The third-order valence-electron chi connectivity index (χ3n) is 3.64. The van der Waals surface area contributed by atoms with E-state index < -0.39 is 5.60 Å². The van der Waals surface area contributed by atoms with Gasteiger partial charge in [0.15, 0.2) is 0 Å². The second-order valence-corrected chi connectivity index (χ2v) is 6.15. The van der Waals surface area contributed by atoms with Crippen LogP contribution in [0.25, 0.3) is 0 Å². The Morgan fingerprint density at radius 1 is 1.25 bits per heavy atom. The Morgan fingerprint density at radius 2 is 1.88 bits per heavy atom. The zero-order valence-electron chi connectivity index (χ0n) is 11.3. The number of hydrogen-bond acceptors (Lipinski definition) is 2. The Balaban J connectivity index is 2.18. The van der Waals surface area contributed by atoms with Crippen LogP contribution in [-0.2, 0) is 0 Å². The van der Waals surface area contributed by atoms with Crippen LogP contribution in [0.15, 0.2) is 0 Å². The second-order valence-electron chi connectivity index (χ2n) is 6.15. The normalized spacial score (nSPS) is 22.3. The van der Waals surface area contributed by atoms with E-state index >= 15 is 0 Å². The molecule has 2 heteroatoms. The van der Waals surface area contributed by atoms with Crippen molar-refractivity contribution in [3.05, 3.63) is 0 Å². The zero-order chi connectivity index (χ0) is 12.0. The highest BCUT2D eigenvalue weighted by molar-refractivity contribution is 4.80. The molecule has 96 valence electrons. The SMILES string of the molecule is CC(C)CCC(C)(O)CNC1CCCCC1. The molecule has 1 fully saturated rings. The van der Waals surface area contributed by atoms with Crippen molar-refractivity contribution < 1.29 is 5.11 Å². The average Bonchev–Trinajstić information content (AvgIpc) is 2.26. The van der Waals surface area contributed by atoms with Crippen molar-refractivity contribution in [1.82, 2.24) is 5.32 Å². The van der Waals surface area contributed by atoms with Crippen LogP contribution in [0.4, 0.5) is 0 Å². The summed E-state index contributed by atoms with van der Waals surface area (Å²) in [6.45, 7) is 7.14. The lowest BCUT2D eigenvalue weighted by molar-refractivity contribution is 0.0412. The maximum absolute atomic E-state index is 10.2. The molecule has 0 aromatic rings. The van der Waals surface area contributed by atoms with E-state index in [9.17, 15) is 5.11 Å². The van der Waals surface area contributed by atoms with E-state index in [-0.39, 0.29) is 0 Å². The molecule has 0 aliphatic heterocycles. The fourth-order valence-corrected chi connectivity index (χ4v) is 2.36. The van der Waals surface area contributed by atoms with Gasteiger partial charge in [-0.05, 0) is 38.5 Å². The molecular weight excluding hydrogens is 198 g/mol. The van der Waals surface area contributed by atoms with Gasteiger partial charge in [-0.25, -0.2) is 0 Å². The molecule has 16 heavy (non-hydrogen) atoms. The number of aliphatic hydroxyl groups is 1. The predicted octanol–water partition coefficient (Wildman–Crippen LogP) is 3.10. The van der Waals surface area contributed by atoms with E-state index in [4.69, 9.17) is 0 Å². The lowest BCUT2D eigenvalue weighted by Crippen LogP contribution is -2.43. The minimum Gasteiger partial charge on any atom is -0.389 e. The molecule has 0 aromatic carbocycles. The Labute approximate surface area is 101 Å². The summed E-state index contributed by atoms with van der Waals surface area (Å²) >= 11 is 0. The van der Waals surface area contributed by atoms with Gasteiger partial charge in [-0.15, -0.1) is 0 Å². The first-order chi connectivity index (χ1) is 7.49. The maximum Gasteiger partial charge on any atom is 0.0743 e. The standard InChI is InChI=1S/C14H29NO/c1-12(2)9-10-14(3,16)11-15-13-7-5-4-6-8-13/h12-13,15-16H,4-11H2,1-3H3. The summed E-state index contributed by atoms with van der Waals surface area (Å²) in [5, 5.41) is 13.8. The van der Waals surface area contributed by atoms with Crippen molar-refractivity contribution in [2.24, 2.45) is 5.92 Å². The molecular formula is C14H29NO. The minimum absolute atomic E-state index is 0.526. The Kier molecular flexibility index (Phi) is 5.77. The van der Waals surface area contributed by atoms with Crippen molar-refractivity contribution in [3.8, 4) is 0 Å². The molecule has 1 aliphatic rings. The van der Waals surface area contributed by atoms with E-state index in [1.165, 1.54) is 32.1 Å². The van der Waals surface area contributed by atoms with Gasteiger partial charge in [0, 0.05) is 12.6 Å². The molecule has 0 aromatic heterocycles. The zero-order valence-corrected chi connectivity index (χ0v) is 11.3. The number of rotatable bonds is 6. The van der Waals surface area contributed by atoms with Crippen LogP contribution in [0, 0.1) is 5.92 Å². The summed E-state index contributed by atoms with van der Waals surface area (Å²) in [5.74, 6) is 0.682. The van der Waals surface area contributed by atoms with Gasteiger partial charge in [0.1, 0.15) is 0 Å². The third-order valence-corrected chi connectivity index (χ3v) is 3.64. The van der Waals surface area contributed by atoms with E-state index in [0.29, 0.717) is 12.0 Å². The summed E-state index contributed by atoms with van der Waals surface area (Å²) in [6, 6.07) is 0.652. The summed E-state index contributed by atoms with van der Waals surface area (Å²) in [5.41, 5.74) is -0.526. The average molecular weight is 227 g/mol. The fraction of sp³-hybridized carbons (Fsp3) is 1.00. The van der Waals surface area contributed by atoms with Gasteiger partial charge in [-0.3, -0.25) is 0 Å². The van der Waals surface area contributed by atoms with Gasteiger partial charge in [-0.1, -0.05) is 33.1 Å². The summed E-state index contributed by atoms with van der Waals surface area (Å²) in [4.78, 5) is 0. The first-order valence-corrected chi connectivity index (χ1v) is 6.95. The highest BCUT2D eigenvalue weighted by Gasteiger charge is 2.22. The van der Waals surface area contributed by atoms with Gasteiger partial charge in [0.2, 0.25) is 0 Å². The molecule has 2 nitrogen and oxygen atoms in total. The van der Waals surface area contributed by atoms with Crippen LogP contribution in [0.3, 0.4) is 0 Å². The van der Waals surface area contributed by atoms with Gasteiger partial charge in [0.25, 0.3) is 0 Å². The van der Waals surface area contributed by atoms with Crippen LogP contribution in [0.1, 0.15) is 65.7 Å². The number of nitrogens with one attached hydrogen (secondary N) is 1. The molecule has 0 spiro atoms. The smallest absolute Gasteiger partial charge is 0.0743 e. The Bertz CT molecular complexity index is 183. The highest BCUT2D eigenvalue weighted by atomic mass is 16.3. The molecule has 1 saturated carbocycles. The molecule has 1 unspecified atom stereocenters. The molecule has 0 bridgehead atoms. The van der Waals surface area contributed by atoms with E-state index in [0.717, 1.165) is 19.4 Å². The van der Waals surface area contributed by atoms with Crippen molar-refractivity contribution in [2.75, 3.05) is 6.54 Å². The van der Waals surface area contributed by atoms with E-state index in [1.54, 1.807) is 0 Å². The van der Waals surface area contributed by atoms with Crippen LogP contribution < -0.4 is 5.32 Å². The van der Waals surface area contributed by atoms with Crippen LogP contribution in [0.2, 0.25) is 0 Å². The summed E-state index contributed by atoms with van der Waals surface area (Å²) < 4.78 is 0. The van der Waals surface area contributed by atoms with Gasteiger partial charge in [-0.2, -0.15) is 0 Å². The van der Waals surface area contributed by atoms with E-state index in [2.05, 4.69) is 19.2 Å². The molecule has 0 heterocycles. The summed E-state index contributed by atoms with van der Waals surface area (Å²) in [6.07, 6.45) is 8.70. The monoisotopic (exact) mass is 227 g/mol. The van der Waals surface area contributed by atoms with E-state index in [1.807, 2.05) is 6.92 Å². The molecule has 0 saturated heterocycles. The third kappa shape index (κ3) is 5.86. The Morgan fingerprint density at radius 3 is 2.44 bits per heavy atom. The topological polar surface area (TPSA) is 32.3 Å². The molecule has 0 radical (unpaired) electrons. The van der Waals surface area contributed by atoms with Crippen molar-refractivity contribution in [3.63, 3.8) is 0 Å². The lowest BCUT2D eigenvalue weighted by atomic mass is 9.92. The van der Waals surface area contributed by atoms with Gasteiger partial charge < -0.3 is 10.4 Å². The minimum atomic E-state index is -0.526. The molecule has 0 amide bonds. The lowest BCUT2D eigenvalue weighted by Gasteiger charge is -2.29. The number of hydrogen-bond donors (Lipinski definition) is 2.